The number of esters is 1. The lowest BCUT2D eigenvalue weighted by Gasteiger charge is -2.07. The van der Waals surface area contributed by atoms with Gasteiger partial charge in [0.25, 0.3) is 0 Å². The van der Waals surface area contributed by atoms with Crippen molar-refractivity contribution in [3.63, 3.8) is 0 Å². The van der Waals surface area contributed by atoms with Gasteiger partial charge in [0.1, 0.15) is 12.3 Å². The second-order valence-electron chi connectivity index (χ2n) is 4.94. The van der Waals surface area contributed by atoms with Crippen molar-refractivity contribution < 1.29 is 14.3 Å². The van der Waals surface area contributed by atoms with Crippen LogP contribution in [0.5, 0.6) is 0 Å². The van der Waals surface area contributed by atoms with Crippen molar-refractivity contribution >= 4 is 5.97 Å². The normalized spacial score (nSPS) is 22.5. The zero-order valence-corrected chi connectivity index (χ0v) is 10.1. The fraction of sp³-hybridized carbons (Fsp3) is 0.667. The molecule has 1 rings (SSSR count). The predicted molar refractivity (Wildman–Crippen MR) is 57.9 cm³/mol. The standard InChI is InChI=1S/C12H17NO3/c1-8(2)16-9(6-13)7-15-11(14)10-5-12(10,3)4/h7-8,10H,5H2,1-4H3. The number of nitriles is 1. The molecule has 0 bridgehead atoms. The summed E-state index contributed by atoms with van der Waals surface area (Å²) >= 11 is 0. The molecule has 1 atom stereocenters. The molecule has 0 N–H and O–H groups in total. The van der Waals surface area contributed by atoms with Crippen LogP contribution in [0.15, 0.2) is 12.0 Å². The average Bonchev–Trinajstić information content (AvgIpc) is 2.81. The van der Waals surface area contributed by atoms with Crippen LogP contribution in [0.3, 0.4) is 0 Å². The molecule has 0 aromatic carbocycles. The molecule has 0 aliphatic heterocycles. The van der Waals surface area contributed by atoms with Gasteiger partial charge >= 0.3 is 5.97 Å². The van der Waals surface area contributed by atoms with E-state index in [4.69, 9.17) is 14.7 Å². The molecular weight excluding hydrogens is 206 g/mol. The molecule has 0 saturated heterocycles. The third-order valence-corrected chi connectivity index (χ3v) is 2.55. The van der Waals surface area contributed by atoms with Gasteiger partial charge in [-0.15, -0.1) is 0 Å². The summed E-state index contributed by atoms with van der Waals surface area (Å²) in [6.45, 7) is 7.63. The Balaban J connectivity index is 2.46. The summed E-state index contributed by atoms with van der Waals surface area (Å²) in [4.78, 5) is 11.5. The van der Waals surface area contributed by atoms with Crippen LogP contribution in [0.1, 0.15) is 34.1 Å². The van der Waals surface area contributed by atoms with Gasteiger partial charge in [0.05, 0.1) is 12.0 Å². The largest absolute Gasteiger partial charge is 0.479 e. The molecule has 1 saturated carbocycles. The monoisotopic (exact) mass is 223 g/mol. The maximum absolute atomic E-state index is 11.5. The van der Waals surface area contributed by atoms with E-state index >= 15 is 0 Å². The summed E-state index contributed by atoms with van der Waals surface area (Å²) in [6, 6.07) is 1.83. The van der Waals surface area contributed by atoms with Crippen molar-refractivity contribution in [1.82, 2.24) is 0 Å². The van der Waals surface area contributed by atoms with Crippen LogP contribution in [-0.4, -0.2) is 12.1 Å². The first-order chi connectivity index (χ1) is 7.36. The zero-order valence-electron chi connectivity index (χ0n) is 10.1. The van der Waals surface area contributed by atoms with Gasteiger partial charge in [-0.2, -0.15) is 5.26 Å². The van der Waals surface area contributed by atoms with Crippen LogP contribution < -0.4 is 0 Å². The first-order valence-electron chi connectivity index (χ1n) is 5.34. The lowest BCUT2D eigenvalue weighted by molar-refractivity contribution is -0.140. The third kappa shape index (κ3) is 3.27. The molecule has 0 spiro atoms. The van der Waals surface area contributed by atoms with Crippen molar-refractivity contribution in [2.45, 2.75) is 40.2 Å². The topological polar surface area (TPSA) is 59.3 Å². The van der Waals surface area contributed by atoms with E-state index in [2.05, 4.69) is 0 Å². The third-order valence-electron chi connectivity index (χ3n) is 2.55. The van der Waals surface area contributed by atoms with E-state index in [9.17, 15) is 4.79 Å². The molecule has 1 aliphatic carbocycles. The van der Waals surface area contributed by atoms with Gasteiger partial charge in [-0.3, -0.25) is 4.79 Å². The first-order valence-corrected chi connectivity index (χ1v) is 5.34. The highest BCUT2D eigenvalue weighted by atomic mass is 16.5. The van der Waals surface area contributed by atoms with Gasteiger partial charge < -0.3 is 9.47 Å². The highest BCUT2D eigenvalue weighted by molar-refractivity contribution is 5.77. The van der Waals surface area contributed by atoms with E-state index in [1.807, 2.05) is 19.9 Å². The van der Waals surface area contributed by atoms with Gasteiger partial charge in [0.2, 0.25) is 5.76 Å². The van der Waals surface area contributed by atoms with Gasteiger partial charge in [0.15, 0.2) is 0 Å². The molecule has 1 unspecified atom stereocenters. The highest BCUT2D eigenvalue weighted by Crippen LogP contribution is 2.52. The quantitative estimate of drug-likeness (QED) is 0.417. The second kappa shape index (κ2) is 4.56. The van der Waals surface area contributed by atoms with Gasteiger partial charge in [-0.1, -0.05) is 13.8 Å². The lowest BCUT2D eigenvalue weighted by atomic mass is 10.1. The summed E-state index contributed by atoms with van der Waals surface area (Å²) < 4.78 is 10.0. The van der Waals surface area contributed by atoms with Crippen molar-refractivity contribution in [1.29, 1.82) is 5.26 Å². The molecule has 0 heterocycles. The minimum atomic E-state index is -0.287. The molecule has 1 fully saturated rings. The fourth-order valence-electron chi connectivity index (χ4n) is 1.40. The van der Waals surface area contributed by atoms with E-state index in [-0.39, 0.29) is 29.2 Å². The summed E-state index contributed by atoms with van der Waals surface area (Å²) in [7, 11) is 0. The number of nitrogens with zero attached hydrogens (tertiary/aromatic N) is 1. The number of hydrogen-bond acceptors (Lipinski definition) is 4. The Kier molecular flexibility index (Phi) is 3.58. The van der Waals surface area contributed by atoms with Gasteiger partial charge in [-0.25, -0.2) is 0 Å². The summed E-state index contributed by atoms with van der Waals surface area (Å²) in [6.07, 6.45) is 1.82. The Hall–Kier alpha value is -1.50. The van der Waals surface area contributed by atoms with Gasteiger partial charge in [-0.05, 0) is 25.7 Å². The Labute approximate surface area is 95.8 Å². The number of carbonyl (C=O) groups excluding carboxylic acids is 1. The number of ether oxygens (including phenoxy) is 2. The summed E-state index contributed by atoms with van der Waals surface area (Å²) in [5.41, 5.74) is 0.0383. The first kappa shape index (κ1) is 12.6. The molecule has 4 nitrogen and oxygen atoms in total. The molecule has 0 radical (unpaired) electrons. The van der Waals surface area contributed by atoms with Gasteiger partial charge in [0, 0.05) is 0 Å². The van der Waals surface area contributed by atoms with Crippen LogP contribution in [-0.2, 0) is 14.3 Å². The van der Waals surface area contributed by atoms with Crippen molar-refractivity contribution in [3.05, 3.63) is 12.0 Å². The molecule has 0 aromatic rings. The number of rotatable bonds is 4. The number of carbonyl (C=O) groups is 1. The zero-order chi connectivity index (χ0) is 12.3. The lowest BCUT2D eigenvalue weighted by Crippen LogP contribution is -2.08. The predicted octanol–water partition coefficient (Wildman–Crippen LogP) is 2.37. The van der Waals surface area contributed by atoms with Crippen molar-refractivity contribution in [3.8, 4) is 6.07 Å². The smallest absolute Gasteiger partial charge is 0.314 e. The van der Waals surface area contributed by atoms with E-state index in [0.29, 0.717) is 0 Å². The minimum absolute atomic E-state index is 0.0295. The molecule has 0 aromatic heterocycles. The van der Waals surface area contributed by atoms with E-state index in [0.717, 1.165) is 12.7 Å². The van der Waals surface area contributed by atoms with E-state index in [1.165, 1.54) is 0 Å². The summed E-state index contributed by atoms with van der Waals surface area (Å²) in [5.74, 6) is -0.311. The fourth-order valence-corrected chi connectivity index (χ4v) is 1.40. The SMILES string of the molecule is CC(C)OC(C#N)=COC(=O)C1CC1(C)C. The van der Waals surface area contributed by atoms with Crippen LogP contribution in [0.4, 0.5) is 0 Å². The highest BCUT2D eigenvalue weighted by Gasteiger charge is 2.51. The van der Waals surface area contributed by atoms with Crippen LogP contribution in [0.2, 0.25) is 0 Å². The Morgan fingerprint density at radius 2 is 2.12 bits per heavy atom. The number of allylic oxidation sites excluding steroid dienone is 1. The van der Waals surface area contributed by atoms with E-state index in [1.54, 1.807) is 13.8 Å². The Bertz CT molecular complexity index is 350. The average molecular weight is 223 g/mol. The maximum Gasteiger partial charge on any atom is 0.314 e. The molecule has 1 aliphatic rings. The molecule has 4 heteroatoms. The minimum Gasteiger partial charge on any atom is -0.479 e. The Morgan fingerprint density at radius 1 is 1.56 bits per heavy atom. The maximum atomic E-state index is 11.5. The molecule has 0 amide bonds. The molecule has 88 valence electrons. The summed E-state index contributed by atoms with van der Waals surface area (Å²) in [5, 5.41) is 8.71. The van der Waals surface area contributed by atoms with E-state index < -0.39 is 0 Å². The second-order valence-corrected chi connectivity index (χ2v) is 4.94. The van der Waals surface area contributed by atoms with Crippen LogP contribution in [0.25, 0.3) is 0 Å². The number of hydrogen-bond donors (Lipinski definition) is 0. The van der Waals surface area contributed by atoms with Crippen molar-refractivity contribution in [2.75, 3.05) is 0 Å². The molecular formula is C12H17NO3. The molecule has 16 heavy (non-hydrogen) atoms. The van der Waals surface area contributed by atoms with Crippen LogP contribution >= 0.6 is 0 Å². The van der Waals surface area contributed by atoms with Crippen LogP contribution in [0, 0.1) is 22.7 Å². The Morgan fingerprint density at radius 3 is 2.50 bits per heavy atom. The van der Waals surface area contributed by atoms with Crippen molar-refractivity contribution in [2.24, 2.45) is 11.3 Å².